The number of amides is 1. The van der Waals surface area contributed by atoms with Crippen molar-refractivity contribution in [2.75, 3.05) is 24.4 Å². The van der Waals surface area contributed by atoms with Gasteiger partial charge in [-0.05, 0) is 36.4 Å². The summed E-state index contributed by atoms with van der Waals surface area (Å²) in [6.07, 6.45) is 3.18. The molecule has 0 spiro atoms. The van der Waals surface area contributed by atoms with Crippen LogP contribution in [0.1, 0.15) is 10.4 Å². The SMILES string of the molecule is COc1ccc(Cl)cc1Nc1cncc(C(=O)N(C)c2ccccc2)c1. The molecule has 132 valence electrons. The highest BCUT2D eigenvalue weighted by Crippen LogP contribution is 2.30. The number of anilines is 3. The first-order valence-electron chi connectivity index (χ1n) is 7.97. The number of halogens is 1. The van der Waals surface area contributed by atoms with Crippen LogP contribution >= 0.6 is 11.6 Å². The number of nitrogens with zero attached hydrogens (tertiary/aromatic N) is 2. The summed E-state index contributed by atoms with van der Waals surface area (Å²) in [6, 6.07) is 16.5. The number of benzene rings is 2. The number of para-hydroxylation sites is 1. The predicted octanol–water partition coefficient (Wildman–Crippen LogP) is 4.76. The van der Waals surface area contributed by atoms with Crippen molar-refractivity contribution in [3.8, 4) is 5.75 Å². The lowest BCUT2D eigenvalue weighted by atomic mass is 10.2. The highest BCUT2D eigenvalue weighted by molar-refractivity contribution is 6.31. The van der Waals surface area contributed by atoms with Crippen LogP contribution in [-0.4, -0.2) is 25.0 Å². The van der Waals surface area contributed by atoms with Crippen molar-refractivity contribution in [2.24, 2.45) is 0 Å². The van der Waals surface area contributed by atoms with Crippen LogP contribution in [-0.2, 0) is 0 Å². The summed E-state index contributed by atoms with van der Waals surface area (Å²) < 4.78 is 5.33. The number of ether oxygens (including phenoxy) is 1. The Labute approximate surface area is 157 Å². The van der Waals surface area contributed by atoms with Crippen LogP contribution in [0.4, 0.5) is 17.1 Å². The molecule has 0 fully saturated rings. The smallest absolute Gasteiger partial charge is 0.259 e. The van der Waals surface area contributed by atoms with Gasteiger partial charge < -0.3 is 15.0 Å². The molecule has 0 atom stereocenters. The number of carbonyl (C=O) groups is 1. The molecular formula is C20H18ClN3O2. The summed E-state index contributed by atoms with van der Waals surface area (Å²) in [6.45, 7) is 0. The molecular weight excluding hydrogens is 350 g/mol. The molecule has 1 N–H and O–H groups in total. The molecule has 1 amide bonds. The quantitative estimate of drug-likeness (QED) is 0.706. The van der Waals surface area contributed by atoms with Gasteiger partial charge in [0, 0.05) is 24.0 Å². The molecule has 1 aromatic heterocycles. The molecule has 0 aliphatic carbocycles. The topological polar surface area (TPSA) is 54.5 Å². The fourth-order valence-corrected chi connectivity index (χ4v) is 2.69. The maximum absolute atomic E-state index is 12.7. The highest BCUT2D eigenvalue weighted by atomic mass is 35.5. The predicted molar refractivity (Wildman–Crippen MR) is 105 cm³/mol. The summed E-state index contributed by atoms with van der Waals surface area (Å²) in [7, 11) is 3.32. The van der Waals surface area contributed by atoms with Crippen molar-refractivity contribution in [2.45, 2.75) is 0 Å². The van der Waals surface area contributed by atoms with E-state index in [1.54, 1.807) is 55.7 Å². The van der Waals surface area contributed by atoms with Crippen LogP contribution in [0.15, 0.2) is 67.0 Å². The molecule has 2 aromatic carbocycles. The summed E-state index contributed by atoms with van der Waals surface area (Å²) in [5.74, 6) is 0.498. The molecule has 6 heteroatoms. The van der Waals surface area contributed by atoms with Gasteiger partial charge in [-0.25, -0.2) is 0 Å². The molecule has 0 aliphatic rings. The van der Waals surface area contributed by atoms with E-state index in [1.807, 2.05) is 30.3 Å². The molecule has 3 rings (SSSR count). The van der Waals surface area contributed by atoms with Gasteiger partial charge in [0.2, 0.25) is 0 Å². The van der Waals surface area contributed by atoms with Crippen LogP contribution < -0.4 is 15.0 Å². The maximum Gasteiger partial charge on any atom is 0.259 e. The second-order valence-corrected chi connectivity index (χ2v) is 6.07. The van der Waals surface area contributed by atoms with Crippen molar-refractivity contribution in [3.63, 3.8) is 0 Å². The molecule has 0 aliphatic heterocycles. The Balaban J connectivity index is 1.85. The minimum absolute atomic E-state index is 0.148. The van der Waals surface area contributed by atoms with Crippen LogP contribution in [0.2, 0.25) is 5.02 Å². The summed E-state index contributed by atoms with van der Waals surface area (Å²) in [5, 5.41) is 3.78. The molecule has 0 bridgehead atoms. The van der Waals surface area contributed by atoms with E-state index in [1.165, 1.54) is 0 Å². The summed E-state index contributed by atoms with van der Waals surface area (Å²) in [4.78, 5) is 18.5. The zero-order valence-electron chi connectivity index (χ0n) is 14.4. The van der Waals surface area contributed by atoms with Crippen LogP contribution in [0.5, 0.6) is 5.75 Å². The van der Waals surface area contributed by atoms with Gasteiger partial charge in [0.1, 0.15) is 5.75 Å². The fraction of sp³-hybridized carbons (Fsp3) is 0.100. The molecule has 1 heterocycles. The van der Waals surface area contributed by atoms with E-state index in [0.29, 0.717) is 27.7 Å². The number of hydrogen-bond acceptors (Lipinski definition) is 4. The number of hydrogen-bond donors (Lipinski definition) is 1. The zero-order valence-corrected chi connectivity index (χ0v) is 15.2. The van der Waals surface area contributed by atoms with Gasteiger partial charge in [-0.3, -0.25) is 9.78 Å². The van der Waals surface area contributed by atoms with Gasteiger partial charge in [0.25, 0.3) is 5.91 Å². The van der Waals surface area contributed by atoms with Crippen molar-refractivity contribution in [1.29, 1.82) is 0 Å². The van der Waals surface area contributed by atoms with Crippen molar-refractivity contribution < 1.29 is 9.53 Å². The standard InChI is InChI=1S/C20H18ClN3O2/c1-24(17-6-4-3-5-7-17)20(25)14-10-16(13-22-12-14)23-18-11-15(21)8-9-19(18)26-2/h3-13,23H,1-2H3. The van der Waals surface area contributed by atoms with Crippen LogP contribution in [0, 0.1) is 0 Å². The van der Waals surface area contributed by atoms with E-state index in [9.17, 15) is 4.79 Å². The van der Waals surface area contributed by atoms with Crippen LogP contribution in [0.25, 0.3) is 0 Å². The highest BCUT2D eigenvalue weighted by Gasteiger charge is 2.14. The third-order valence-corrected chi connectivity index (χ3v) is 4.11. The van der Waals surface area contributed by atoms with E-state index < -0.39 is 0 Å². The molecule has 3 aromatic rings. The van der Waals surface area contributed by atoms with Gasteiger partial charge in [-0.2, -0.15) is 0 Å². The third kappa shape index (κ3) is 3.95. The lowest BCUT2D eigenvalue weighted by Gasteiger charge is -2.18. The third-order valence-electron chi connectivity index (χ3n) is 3.87. The second-order valence-electron chi connectivity index (χ2n) is 5.63. The number of pyridine rings is 1. The zero-order chi connectivity index (χ0) is 18.5. The number of aromatic nitrogens is 1. The lowest BCUT2D eigenvalue weighted by Crippen LogP contribution is -2.26. The first-order valence-corrected chi connectivity index (χ1v) is 8.35. The minimum atomic E-state index is -0.148. The Morgan fingerprint density at radius 1 is 1.12 bits per heavy atom. The van der Waals surface area contributed by atoms with E-state index in [-0.39, 0.29) is 5.91 Å². The first kappa shape index (κ1) is 17.8. The average Bonchev–Trinajstić information content (AvgIpc) is 2.68. The van der Waals surface area contributed by atoms with Gasteiger partial charge >= 0.3 is 0 Å². The second kappa shape index (κ2) is 7.89. The van der Waals surface area contributed by atoms with Gasteiger partial charge in [-0.15, -0.1) is 0 Å². The summed E-state index contributed by atoms with van der Waals surface area (Å²) >= 11 is 6.06. The molecule has 0 saturated carbocycles. The Hall–Kier alpha value is -3.05. The largest absolute Gasteiger partial charge is 0.495 e. The Kier molecular flexibility index (Phi) is 5.39. The van der Waals surface area contributed by atoms with E-state index >= 15 is 0 Å². The lowest BCUT2D eigenvalue weighted by molar-refractivity contribution is 0.0992. The number of methoxy groups -OCH3 is 1. The van der Waals surface area contributed by atoms with E-state index in [2.05, 4.69) is 10.3 Å². The maximum atomic E-state index is 12.7. The number of rotatable bonds is 5. The molecule has 0 unspecified atom stereocenters. The fourth-order valence-electron chi connectivity index (χ4n) is 2.52. The van der Waals surface area contributed by atoms with Gasteiger partial charge in [0.15, 0.2) is 0 Å². The monoisotopic (exact) mass is 367 g/mol. The average molecular weight is 368 g/mol. The first-order chi connectivity index (χ1) is 12.6. The molecule has 0 radical (unpaired) electrons. The van der Waals surface area contributed by atoms with Crippen molar-refractivity contribution in [1.82, 2.24) is 4.98 Å². The van der Waals surface area contributed by atoms with Gasteiger partial charge in [0.05, 0.1) is 30.2 Å². The van der Waals surface area contributed by atoms with Crippen molar-refractivity contribution in [3.05, 3.63) is 77.6 Å². The Bertz CT molecular complexity index is 916. The molecule has 0 saturated heterocycles. The summed E-state index contributed by atoms with van der Waals surface area (Å²) in [5.41, 5.74) is 2.65. The Morgan fingerprint density at radius 3 is 2.62 bits per heavy atom. The number of carbonyl (C=O) groups excluding carboxylic acids is 1. The van der Waals surface area contributed by atoms with E-state index in [0.717, 1.165) is 5.69 Å². The van der Waals surface area contributed by atoms with Gasteiger partial charge in [-0.1, -0.05) is 29.8 Å². The molecule has 5 nitrogen and oxygen atoms in total. The van der Waals surface area contributed by atoms with Crippen molar-refractivity contribution >= 4 is 34.6 Å². The molecule has 26 heavy (non-hydrogen) atoms. The number of nitrogens with one attached hydrogen (secondary N) is 1. The van der Waals surface area contributed by atoms with Crippen LogP contribution in [0.3, 0.4) is 0 Å². The normalized spacial score (nSPS) is 10.3. The van der Waals surface area contributed by atoms with E-state index in [4.69, 9.17) is 16.3 Å². The minimum Gasteiger partial charge on any atom is -0.495 e. The Morgan fingerprint density at radius 2 is 1.88 bits per heavy atom.